The van der Waals surface area contributed by atoms with Gasteiger partial charge in [-0.05, 0) is 36.4 Å². The molecule has 0 aliphatic carbocycles. The number of ether oxygens (including phenoxy) is 3. The third-order valence-electron chi connectivity index (χ3n) is 5.06. The van der Waals surface area contributed by atoms with Gasteiger partial charge in [0.05, 0.1) is 0 Å². The van der Waals surface area contributed by atoms with Gasteiger partial charge in [-0.3, -0.25) is 0 Å². The van der Waals surface area contributed by atoms with Crippen molar-refractivity contribution in [2.45, 2.75) is 0 Å². The lowest BCUT2D eigenvalue weighted by molar-refractivity contribution is -0.129. The molecule has 0 amide bonds. The predicted molar refractivity (Wildman–Crippen MR) is 156 cm³/mol. The van der Waals surface area contributed by atoms with E-state index in [1.165, 1.54) is 0 Å². The van der Waals surface area contributed by atoms with Gasteiger partial charge in [0.2, 0.25) is 17.8 Å². The van der Waals surface area contributed by atoms with Crippen LogP contribution in [0.2, 0.25) is 0 Å². The van der Waals surface area contributed by atoms with Crippen molar-refractivity contribution < 1.29 is 28.6 Å². The first-order chi connectivity index (χ1) is 20.3. The number of rotatable bonds is 12. The Hall–Kier alpha value is -6.30. The van der Waals surface area contributed by atoms with E-state index in [0.717, 1.165) is 18.2 Å². The van der Waals surface area contributed by atoms with E-state index in [1.54, 1.807) is 72.8 Å². The summed E-state index contributed by atoms with van der Waals surface area (Å²) in [6.45, 7) is 10.2. The van der Waals surface area contributed by atoms with E-state index in [2.05, 4.69) is 50.6 Å². The lowest BCUT2D eigenvalue weighted by Gasteiger charge is -2.13. The normalized spacial score (nSPS) is 10.0. The van der Waals surface area contributed by atoms with E-state index in [4.69, 9.17) is 14.2 Å². The molecule has 1 aromatic heterocycles. The molecule has 0 unspecified atom stereocenters. The molecule has 0 atom stereocenters. The molecule has 210 valence electrons. The molecule has 0 fully saturated rings. The maximum Gasteiger partial charge on any atom is 0.335 e. The van der Waals surface area contributed by atoms with Crippen molar-refractivity contribution in [2.75, 3.05) is 16.0 Å². The van der Waals surface area contributed by atoms with Gasteiger partial charge in [-0.25, -0.2) is 14.4 Å². The van der Waals surface area contributed by atoms with Gasteiger partial charge in [0.15, 0.2) is 0 Å². The summed E-state index contributed by atoms with van der Waals surface area (Å²) in [5, 5.41) is 9.17. The molecule has 0 saturated heterocycles. The highest BCUT2D eigenvalue weighted by Crippen LogP contribution is 2.26. The smallest absolute Gasteiger partial charge is 0.335 e. The number of aromatic nitrogens is 3. The number of hydrogen-bond acceptors (Lipinski definition) is 12. The fraction of sp³-hybridized carbons (Fsp3) is 0. The second kappa shape index (κ2) is 13.7. The summed E-state index contributed by atoms with van der Waals surface area (Å²) in [4.78, 5) is 48.1. The lowest BCUT2D eigenvalue weighted by Crippen LogP contribution is -2.08. The first-order valence-electron chi connectivity index (χ1n) is 12.2. The molecule has 4 rings (SSSR count). The number of anilines is 6. The van der Waals surface area contributed by atoms with Gasteiger partial charge in [0, 0.05) is 53.5 Å². The molecule has 1 heterocycles. The molecule has 0 aliphatic rings. The van der Waals surface area contributed by atoms with Crippen LogP contribution in [-0.4, -0.2) is 32.9 Å². The molecule has 12 nitrogen and oxygen atoms in total. The van der Waals surface area contributed by atoms with E-state index >= 15 is 0 Å². The number of benzene rings is 3. The maximum atomic E-state index is 11.6. The molecule has 0 spiro atoms. The van der Waals surface area contributed by atoms with Gasteiger partial charge in [-0.15, -0.1) is 0 Å². The molecule has 42 heavy (non-hydrogen) atoms. The van der Waals surface area contributed by atoms with Crippen molar-refractivity contribution in [1.29, 1.82) is 0 Å². The van der Waals surface area contributed by atoms with Crippen LogP contribution in [0.15, 0.2) is 111 Å². The summed E-state index contributed by atoms with van der Waals surface area (Å²) in [5.41, 5.74) is 1.55. The Kier molecular flexibility index (Phi) is 9.34. The Bertz CT molecular complexity index is 1470. The average Bonchev–Trinajstić information content (AvgIpc) is 2.97. The average molecular weight is 565 g/mol. The van der Waals surface area contributed by atoms with Crippen molar-refractivity contribution >= 4 is 52.8 Å². The van der Waals surface area contributed by atoms with Crippen molar-refractivity contribution in [1.82, 2.24) is 15.0 Å². The highest BCUT2D eigenvalue weighted by Gasteiger charge is 2.11. The van der Waals surface area contributed by atoms with Gasteiger partial charge in [-0.1, -0.05) is 37.9 Å². The third-order valence-corrected chi connectivity index (χ3v) is 5.06. The van der Waals surface area contributed by atoms with E-state index < -0.39 is 17.9 Å². The van der Waals surface area contributed by atoms with Crippen LogP contribution in [0.5, 0.6) is 17.2 Å². The zero-order valence-corrected chi connectivity index (χ0v) is 22.1. The monoisotopic (exact) mass is 564 g/mol. The highest BCUT2D eigenvalue weighted by atomic mass is 16.5. The van der Waals surface area contributed by atoms with E-state index in [9.17, 15) is 14.4 Å². The zero-order valence-electron chi connectivity index (χ0n) is 22.1. The summed E-state index contributed by atoms with van der Waals surface area (Å²) < 4.78 is 15.5. The fourth-order valence-corrected chi connectivity index (χ4v) is 3.32. The molecule has 3 aromatic carbocycles. The van der Waals surface area contributed by atoms with Crippen LogP contribution < -0.4 is 30.2 Å². The molecule has 4 aromatic rings. The van der Waals surface area contributed by atoms with Crippen molar-refractivity contribution in [2.24, 2.45) is 0 Å². The Labute approximate surface area is 240 Å². The number of nitrogens with one attached hydrogen (secondary N) is 3. The molecule has 0 aliphatic heterocycles. The minimum absolute atomic E-state index is 0.130. The van der Waals surface area contributed by atoms with Crippen LogP contribution >= 0.6 is 0 Å². The van der Waals surface area contributed by atoms with Gasteiger partial charge >= 0.3 is 17.9 Å². The summed E-state index contributed by atoms with van der Waals surface area (Å²) in [7, 11) is 0. The first kappa shape index (κ1) is 28.7. The molecule has 3 N–H and O–H groups in total. The molecule has 0 radical (unpaired) electrons. The minimum atomic E-state index is -0.604. The highest BCUT2D eigenvalue weighted by molar-refractivity contribution is 5.84. The quantitative estimate of drug-likeness (QED) is 0.115. The minimum Gasteiger partial charge on any atom is -0.423 e. The molecule has 12 heteroatoms. The van der Waals surface area contributed by atoms with Crippen molar-refractivity contribution in [3.8, 4) is 17.2 Å². The number of hydrogen-bond donors (Lipinski definition) is 3. The van der Waals surface area contributed by atoms with Crippen molar-refractivity contribution in [3.05, 3.63) is 111 Å². The molecular weight excluding hydrogens is 540 g/mol. The lowest BCUT2D eigenvalue weighted by atomic mass is 10.3. The number of carbonyl (C=O) groups excluding carboxylic acids is 3. The Morgan fingerprint density at radius 1 is 0.524 bits per heavy atom. The van der Waals surface area contributed by atoms with Gasteiger partial charge in [0.25, 0.3) is 0 Å². The summed E-state index contributed by atoms with van der Waals surface area (Å²) in [6.07, 6.45) is 3.17. The summed E-state index contributed by atoms with van der Waals surface area (Å²) in [5.74, 6) is -0.568. The van der Waals surface area contributed by atoms with E-state index in [1.807, 2.05) is 0 Å². The number of esters is 3. The topological polar surface area (TPSA) is 154 Å². The summed E-state index contributed by atoms with van der Waals surface area (Å²) in [6, 6.07) is 19.8. The third kappa shape index (κ3) is 8.35. The predicted octanol–water partition coefficient (Wildman–Crippen LogP) is 5.38. The SMILES string of the molecule is C=CC(=O)Oc1cccc(Nc2nc(Nc3cccc(OC(=O)C=C)c3)nc(Nc3cccc(OC(=O)C=C)c3)n2)c1. The van der Waals surface area contributed by atoms with E-state index in [0.29, 0.717) is 17.1 Å². The standard InChI is InChI=1S/C30H24N6O6/c1-4-25(37)40-22-13-7-10-19(16-22)31-28-34-29(32-20-11-8-14-23(17-20)41-26(38)5-2)36-30(35-28)33-21-12-9-15-24(18-21)42-27(39)6-3/h4-18H,1-3H2,(H3,31,32,33,34,35,36). The van der Waals surface area contributed by atoms with Crippen molar-refractivity contribution in [3.63, 3.8) is 0 Å². The largest absolute Gasteiger partial charge is 0.423 e. The number of carbonyl (C=O) groups is 3. The van der Waals surface area contributed by atoms with Crippen LogP contribution in [0.25, 0.3) is 0 Å². The Morgan fingerprint density at radius 3 is 1.07 bits per heavy atom. The second-order valence-electron chi connectivity index (χ2n) is 8.14. The Morgan fingerprint density at radius 2 is 0.810 bits per heavy atom. The molecule has 0 saturated carbocycles. The molecule has 0 bridgehead atoms. The van der Waals surface area contributed by atoms with Gasteiger partial charge in [-0.2, -0.15) is 15.0 Å². The van der Waals surface area contributed by atoms with Crippen LogP contribution in [-0.2, 0) is 14.4 Å². The second-order valence-corrected chi connectivity index (χ2v) is 8.14. The fourth-order valence-electron chi connectivity index (χ4n) is 3.32. The maximum absolute atomic E-state index is 11.6. The number of nitrogens with zero attached hydrogens (tertiary/aromatic N) is 3. The van der Waals surface area contributed by atoms with Crippen LogP contribution in [0.3, 0.4) is 0 Å². The molecular formula is C30H24N6O6. The summed E-state index contributed by atoms with van der Waals surface area (Å²) >= 11 is 0. The van der Waals surface area contributed by atoms with Crippen LogP contribution in [0, 0.1) is 0 Å². The van der Waals surface area contributed by atoms with Gasteiger partial charge in [0.1, 0.15) is 17.2 Å². The van der Waals surface area contributed by atoms with Crippen LogP contribution in [0.1, 0.15) is 0 Å². The van der Waals surface area contributed by atoms with Gasteiger partial charge < -0.3 is 30.2 Å². The van der Waals surface area contributed by atoms with Crippen LogP contribution in [0.4, 0.5) is 34.9 Å². The first-order valence-corrected chi connectivity index (χ1v) is 12.2. The Balaban J connectivity index is 1.64. The zero-order chi connectivity index (χ0) is 29.9. The van der Waals surface area contributed by atoms with E-state index in [-0.39, 0.29) is 35.1 Å².